The van der Waals surface area contributed by atoms with Crippen molar-refractivity contribution >= 4 is 22.8 Å². The average Bonchev–Trinajstić information content (AvgIpc) is 2.92. The molecule has 0 aliphatic rings. The van der Waals surface area contributed by atoms with Gasteiger partial charge in [-0.15, -0.1) is 0 Å². The maximum Gasteiger partial charge on any atom is 0.375 e. The molecule has 0 spiro atoms. The first kappa shape index (κ1) is 17.0. The summed E-state index contributed by atoms with van der Waals surface area (Å²) in [4.78, 5) is 24.2. The summed E-state index contributed by atoms with van der Waals surface area (Å²) in [5, 5.41) is 3.48. The number of para-hydroxylation sites is 1. The standard InChI is InChI=1S/C17H21NO5/c1-4-9-18-16(19)11(2)22-17(20)15-13(10-21-3)12-7-5-6-8-14(12)23-15/h5-8,11H,4,9-10H2,1-3H3,(H,18,19)/t11-/m1/s1. The SMILES string of the molecule is CCCNC(=O)[C@@H](C)OC(=O)c1oc2ccccc2c1COC. The Morgan fingerprint density at radius 1 is 1.30 bits per heavy atom. The van der Waals surface area contributed by atoms with Crippen LogP contribution in [0.25, 0.3) is 11.0 Å². The zero-order chi connectivity index (χ0) is 16.8. The van der Waals surface area contributed by atoms with Gasteiger partial charge in [0.25, 0.3) is 5.91 Å². The molecule has 1 atom stereocenters. The van der Waals surface area contributed by atoms with Gasteiger partial charge in [0.15, 0.2) is 6.10 Å². The summed E-state index contributed by atoms with van der Waals surface area (Å²) >= 11 is 0. The molecule has 1 heterocycles. The van der Waals surface area contributed by atoms with Crippen molar-refractivity contribution in [1.82, 2.24) is 5.32 Å². The number of amides is 1. The van der Waals surface area contributed by atoms with Crippen LogP contribution in [0, 0.1) is 0 Å². The van der Waals surface area contributed by atoms with Gasteiger partial charge in [-0.05, 0) is 19.4 Å². The van der Waals surface area contributed by atoms with Crippen molar-refractivity contribution in [1.29, 1.82) is 0 Å². The Balaban J connectivity index is 2.20. The molecule has 6 heteroatoms. The van der Waals surface area contributed by atoms with E-state index >= 15 is 0 Å². The zero-order valence-corrected chi connectivity index (χ0v) is 13.5. The largest absolute Gasteiger partial charge is 0.449 e. The molecule has 2 rings (SSSR count). The Kier molecular flexibility index (Phi) is 5.76. The Labute approximate surface area is 134 Å². The third-order valence-corrected chi connectivity index (χ3v) is 3.37. The van der Waals surface area contributed by atoms with Crippen LogP contribution in [0.5, 0.6) is 0 Å². The Bertz CT molecular complexity index is 691. The Morgan fingerprint density at radius 2 is 2.04 bits per heavy atom. The number of fused-ring (bicyclic) bond motifs is 1. The molecule has 1 amide bonds. The highest BCUT2D eigenvalue weighted by Gasteiger charge is 2.25. The summed E-state index contributed by atoms with van der Waals surface area (Å²) < 4.78 is 15.9. The van der Waals surface area contributed by atoms with Gasteiger partial charge in [0, 0.05) is 24.6 Å². The molecular formula is C17H21NO5. The van der Waals surface area contributed by atoms with Gasteiger partial charge in [-0.25, -0.2) is 4.79 Å². The molecule has 1 aromatic carbocycles. The molecule has 0 aliphatic heterocycles. The van der Waals surface area contributed by atoms with Crippen molar-refractivity contribution < 1.29 is 23.5 Å². The van der Waals surface area contributed by atoms with Gasteiger partial charge in [-0.1, -0.05) is 25.1 Å². The molecule has 0 aliphatic carbocycles. The second-order valence-corrected chi connectivity index (χ2v) is 5.18. The van der Waals surface area contributed by atoms with Crippen LogP contribution in [-0.4, -0.2) is 31.6 Å². The van der Waals surface area contributed by atoms with E-state index in [4.69, 9.17) is 13.9 Å². The van der Waals surface area contributed by atoms with E-state index in [1.807, 2.05) is 25.1 Å². The highest BCUT2D eigenvalue weighted by atomic mass is 16.6. The van der Waals surface area contributed by atoms with Crippen molar-refractivity contribution in [3.8, 4) is 0 Å². The molecule has 0 fully saturated rings. The zero-order valence-electron chi connectivity index (χ0n) is 13.5. The first-order chi connectivity index (χ1) is 11.1. The van der Waals surface area contributed by atoms with E-state index in [-0.39, 0.29) is 18.3 Å². The van der Waals surface area contributed by atoms with E-state index in [2.05, 4.69) is 5.32 Å². The molecule has 0 bridgehead atoms. The lowest BCUT2D eigenvalue weighted by Crippen LogP contribution is -2.36. The minimum atomic E-state index is -0.891. The molecular weight excluding hydrogens is 298 g/mol. The predicted octanol–water partition coefficient (Wildman–Crippen LogP) is 2.65. The van der Waals surface area contributed by atoms with E-state index in [1.54, 1.807) is 6.07 Å². The lowest BCUT2D eigenvalue weighted by atomic mass is 10.1. The van der Waals surface area contributed by atoms with E-state index in [1.165, 1.54) is 14.0 Å². The Morgan fingerprint density at radius 3 is 2.74 bits per heavy atom. The topological polar surface area (TPSA) is 77.8 Å². The monoisotopic (exact) mass is 319 g/mol. The van der Waals surface area contributed by atoms with E-state index < -0.39 is 12.1 Å². The number of hydrogen-bond acceptors (Lipinski definition) is 5. The van der Waals surface area contributed by atoms with E-state index in [0.717, 1.165) is 11.8 Å². The third-order valence-electron chi connectivity index (χ3n) is 3.37. The molecule has 6 nitrogen and oxygen atoms in total. The van der Waals surface area contributed by atoms with Gasteiger partial charge in [-0.3, -0.25) is 4.79 Å². The molecule has 23 heavy (non-hydrogen) atoms. The van der Waals surface area contributed by atoms with Crippen molar-refractivity contribution in [3.63, 3.8) is 0 Å². The van der Waals surface area contributed by atoms with Crippen LogP contribution in [0.2, 0.25) is 0 Å². The average molecular weight is 319 g/mol. The smallest absolute Gasteiger partial charge is 0.375 e. The number of esters is 1. The van der Waals surface area contributed by atoms with Gasteiger partial charge in [0.2, 0.25) is 5.76 Å². The molecule has 1 N–H and O–H groups in total. The van der Waals surface area contributed by atoms with Crippen molar-refractivity contribution in [2.45, 2.75) is 33.0 Å². The van der Waals surface area contributed by atoms with E-state index in [9.17, 15) is 9.59 Å². The number of benzene rings is 1. The highest BCUT2D eigenvalue weighted by molar-refractivity contribution is 5.97. The summed E-state index contributed by atoms with van der Waals surface area (Å²) in [6, 6.07) is 7.29. The van der Waals surface area contributed by atoms with Crippen LogP contribution in [0.15, 0.2) is 28.7 Å². The van der Waals surface area contributed by atoms with Crippen LogP contribution in [-0.2, 0) is 20.9 Å². The van der Waals surface area contributed by atoms with Crippen molar-refractivity contribution in [2.75, 3.05) is 13.7 Å². The lowest BCUT2D eigenvalue weighted by Gasteiger charge is -2.12. The summed E-state index contributed by atoms with van der Waals surface area (Å²) in [6.45, 7) is 4.24. The molecule has 2 aromatic rings. The quantitative estimate of drug-likeness (QED) is 0.794. The number of ether oxygens (including phenoxy) is 2. The minimum absolute atomic E-state index is 0.0724. The maximum absolute atomic E-state index is 12.3. The molecule has 124 valence electrons. The van der Waals surface area contributed by atoms with Crippen LogP contribution in [0.3, 0.4) is 0 Å². The number of methoxy groups -OCH3 is 1. The highest BCUT2D eigenvalue weighted by Crippen LogP contribution is 2.27. The third kappa shape index (κ3) is 3.90. The summed E-state index contributed by atoms with van der Waals surface area (Å²) in [5.74, 6) is -0.930. The fourth-order valence-corrected chi connectivity index (χ4v) is 2.21. The fourth-order valence-electron chi connectivity index (χ4n) is 2.21. The van der Waals surface area contributed by atoms with Gasteiger partial charge in [-0.2, -0.15) is 0 Å². The van der Waals surface area contributed by atoms with Crippen molar-refractivity contribution in [2.24, 2.45) is 0 Å². The molecule has 0 radical (unpaired) electrons. The second-order valence-electron chi connectivity index (χ2n) is 5.18. The van der Waals surface area contributed by atoms with Crippen LogP contribution < -0.4 is 5.32 Å². The lowest BCUT2D eigenvalue weighted by molar-refractivity contribution is -0.129. The fraction of sp³-hybridized carbons (Fsp3) is 0.412. The second kappa shape index (κ2) is 7.78. The molecule has 0 unspecified atom stereocenters. The minimum Gasteiger partial charge on any atom is -0.449 e. The first-order valence-corrected chi connectivity index (χ1v) is 7.56. The number of carbonyl (C=O) groups excluding carboxylic acids is 2. The van der Waals surface area contributed by atoms with Crippen molar-refractivity contribution in [3.05, 3.63) is 35.6 Å². The predicted molar refractivity (Wildman–Crippen MR) is 85.1 cm³/mol. The van der Waals surface area contributed by atoms with Crippen LogP contribution in [0.4, 0.5) is 0 Å². The van der Waals surface area contributed by atoms with Gasteiger partial charge >= 0.3 is 5.97 Å². The number of furan rings is 1. The normalized spacial score (nSPS) is 12.1. The maximum atomic E-state index is 12.3. The molecule has 0 saturated carbocycles. The summed E-state index contributed by atoms with van der Waals surface area (Å²) in [6.07, 6.45) is -0.0776. The number of nitrogens with one attached hydrogen (secondary N) is 1. The molecule has 1 aromatic heterocycles. The van der Waals surface area contributed by atoms with Gasteiger partial charge in [0.05, 0.1) is 6.61 Å². The number of carbonyl (C=O) groups is 2. The van der Waals surface area contributed by atoms with Gasteiger partial charge in [0.1, 0.15) is 5.58 Å². The molecule has 0 saturated heterocycles. The first-order valence-electron chi connectivity index (χ1n) is 7.56. The number of rotatable bonds is 7. The van der Waals surface area contributed by atoms with Crippen LogP contribution >= 0.6 is 0 Å². The van der Waals surface area contributed by atoms with Gasteiger partial charge < -0.3 is 19.2 Å². The van der Waals surface area contributed by atoms with E-state index in [0.29, 0.717) is 17.7 Å². The number of hydrogen-bond donors (Lipinski definition) is 1. The van der Waals surface area contributed by atoms with Crippen LogP contribution in [0.1, 0.15) is 36.4 Å². The Hall–Kier alpha value is -2.34. The summed E-state index contributed by atoms with van der Waals surface area (Å²) in [5.41, 5.74) is 1.20. The summed E-state index contributed by atoms with van der Waals surface area (Å²) in [7, 11) is 1.54.